The van der Waals surface area contributed by atoms with Gasteiger partial charge in [0, 0.05) is 5.41 Å². The van der Waals surface area contributed by atoms with E-state index in [2.05, 4.69) is 366 Å². The number of hydrogen-bond donors (Lipinski definition) is 0. The van der Waals surface area contributed by atoms with Crippen molar-refractivity contribution in [1.29, 1.82) is 0 Å². The lowest BCUT2D eigenvalue weighted by Crippen LogP contribution is -2.14. The van der Waals surface area contributed by atoms with Crippen LogP contribution in [-0.2, 0) is 5.41 Å². The number of benzene rings is 17. The maximum Gasteiger partial charge on any atom is 0.0159 e. The fourth-order valence-corrected chi connectivity index (χ4v) is 15.2. The molecule has 18 rings (SSSR count). The summed E-state index contributed by atoms with van der Waals surface area (Å²) in [6.45, 7) is 4.73. The summed E-state index contributed by atoms with van der Waals surface area (Å²) in [6.07, 6.45) is 0. The van der Waals surface area contributed by atoms with Crippen LogP contribution in [0.4, 0.5) is 0 Å². The lowest BCUT2D eigenvalue weighted by Gasteiger charge is -2.22. The molecule has 93 heavy (non-hydrogen) atoms. The molecule has 0 aromatic heterocycles. The first kappa shape index (κ1) is 55.4. The van der Waals surface area contributed by atoms with Crippen LogP contribution in [-0.4, -0.2) is 0 Å². The fraction of sp³-hybridized carbons (Fsp3) is 0.0323. The summed E-state index contributed by atoms with van der Waals surface area (Å²) >= 11 is 0. The Morgan fingerprint density at radius 1 is 0.161 bits per heavy atom. The molecule has 0 atom stereocenters. The van der Waals surface area contributed by atoms with Gasteiger partial charge in [0.25, 0.3) is 0 Å². The second-order valence-electron chi connectivity index (χ2n) is 25.4. The lowest BCUT2D eigenvalue weighted by molar-refractivity contribution is 0.660. The third kappa shape index (κ3) is 9.70. The Bertz CT molecular complexity index is 5710. The Morgan fingerprint density at radius 3 is 1.12 bits per heavy atom. The van der Waals surface area contributed by atoms with Crippen LogP contribution in [0.25, 0.3) is 165 Å². The van der Waals surface area contributed by atoms with Gasteiger partial charge in [-0.05, 0) is 200 Å². The summed E-state index contributed by atoms with van der Waals surface area (Å²) in [5, 5.41) is 15.2. The Balaban J connectivity index is 0.000000143. The maximum absolute atomic E-state index is 2.46. The summed E-state index contributed by atoms with van der Waals surface area (Å²) in [7, 11) is 0. The van der Waals surface area contributed by atoms with Gasteiger partial charge in [0.15, 0.2) is 0 Å². The van der Waals surface area contributed by atoms with E-state index in [1.807, 2.05) is 0 Å². The van der Waals surface area contributed by atoms with Crippen LogP contribution >= 0.6 is 0 Å². The van der Waals surface area contributed by atoms with Gasteiger partial charge < -0.3 is 0 Å². The van der Waals surface area contributed by atoms with Crippen molar-refractivity contribution in [2.45, 2.75) is 19.3 Å². The van der Waals surface area contributed by atoms with Crippen molar-refractivity contribution in [3.8, 4) is 100 Å². The van der Waals surface area contributed by atoms with E-state index in [0.717, 1.165) is 0 Å². The molecule has 0 unspecified atom stereocenters. The van der Waals surface area contributed by atoms with Crippen LogP contribution in [0, 0.1) is 0 Å². The first-order valence-electron chi connectivity index (χ1n) is 32.5. The molecule has 436 valence electrons. The van der Waals surface area contributed by atoms with Crippen LogP contribution in [0.2, 0.25) is 0 Å². The summed E-state index contributed by atoms with van der Waals surface area (Å²) in [5.41, 5.74) is 25.4. The minimum atomic E-state index is -0.0488. The van der Waals surface area contributed by atoms with Crippen molar-refractivity contribution in [2.24, 2.45) is 0 Å². The second kappa shape index (κ2) is 23.0. The minimum Gasteiger partial charge on any atom is -0.0622 e. The topological polar surface area (TPSA) is 0 Å². The van der Waals surface area contributed by atoms with Crippen molar-refractivity contribution in [2.75, 3.05) is 0 Å². The van der Waals surface area contributed by atoms with E-state index >= 15 is 0 Å². The maximum atomic E-state index is 2.46. The van der Waals surface area contributed by atoms with Gasteiger partial charge in [-0.15, -0.1) is 0 Å². The van der Waals surface area contributed by atoms with Crippen LogP contribution in [0.1, 0.15) is 25.0 Å². The molecule has 17 aromatic carbocycles. The van der Waals surface area contributed by atoms with Gasteiger partial charge in [0.05, 0.1) is 0 Å². The molecule has 0 nitrogen and oxygen atoms in total. The molecule has 0 heterocycles. The molecular formula is C93H64. The molecule has 0 saturated carbocycles. The van der Waals surface area contributed by atoms with Crippen molar-refractivity contribution in [3.05, 3.63) is 363 Å². The standard InChI is InChI=1S/C49H34.C44H30/c1-49(2)45-21-10-9-17-38(45)39-26-24-35(30-46(39)49)34-25-27-43-44(29-34)47(36-23-22-31-12-3-4-14-33(31)28-36)41-18-7-8-19-42(41)48(43)40-20-11-15-32-13-5-6-16-37(32)40;1-4-12-31(13-5-1)33-20-22-35(23-21-33)38-28-29-41-42(30-38)44(36-16-8-3-9-17-36)40-19-11-10-18-39(40)43(41)37-26-24-34(25-27-37)32-14-6-2-7-15-32/h3-30H,1-2H3;1-30H. The number of rotatable bonds is 8. The first-order chi connectivity index (χ1) is 45.9. The van der Waals surface area contributed by atoms with Gasteiger partial charge >= 0.3 is 0 Å². The molecule has 1 aliphatic carbocycles. The predicted octanol–water partition coefficient (Wildman–Crippen LogP) is 25.9. The zero-order valence-electron chi connectivity index (χ0n) is 52.0. The Labute approximate surface area is 543 Å². The average Bonchev–Trinajstić information content (AvgIpc) is 1.72. The van der Waals surface area contributed by atoms with Crippen LogP contribution in [0.5, 0.6) is 0 Å². The zero-order chi connectivity index (χ0) is 62.0. The summed E-state index contributed by atoms with van der Waals surface area (Å²) < 4.78 is 0. The molecule has 0 heteroatoms. The van der Waals surface area contributed by atoms with Gasteiger partial charge in [0.1, 0.15) is 0 Å². The minimum absolute atomic E-state index is 0.0488. The molecule has 0 fully saturated rings. The van der Waals surface area contributed by atoms with E-state index in [1.165, 1.54) is 176 Å². The molecule has 0 amide bonds. The third-order valence-corrected chi connectivity index (χ3v) is 19.7. The summed E-state index contributed by atoms with van der Waals surface area (Å²) in [4.78, 5) is 0. The molecular weight excluding hydrogens is 1120 g/mol. The van der Waals surface area contributed by atoms with E-state index in [1.54, 1.807) is 0 Å². The largest absolute Gasteiger partial charge is 0.0622 e. The highest BCUT2D eigenvalue weighted by atomic mass is 14.4. The van der Waals surface area contributed by atoms with Crippen molar-refractivity contribution < 1.29 is 0 Å². The Kier molecular flexibility index (Phi) is 13.7. The highest BCUT2D eigenvalue weighted by Gasteiger charge is 2.35. The van der Waals surface area contributed by atoms with Gasteiger partial charge in [0.2, 0.25) is 0 Å². The molecule has 0 radical (unpaired) electrons. The molecule has 0 spiro atoms. The Hall–Kier alpha value is -11.7. The van der Waals surface area contributed by atoms with Crippen LogP contribution in [0.15, 0.2) is 352 Å². The molecule has 0 aliphatic heterocycles. The van der Waals surface area contributed by atoms with Gasteiger partial charge in [-0.1, -0.05) is 341 Å². The van der Waals surface area contributed by atoms with Crippen molar-refractivity contribution in [3.63, 3.8) is 0 Å². The first-order valence-corrected chi connectivity index (χ1v) is 32.5. The number of fused-ring (bicyclic) bond motifs is 9. The van der Waals surface area contributed by atoms with Crippen LogP contribution in [0.3, 0.4) is 0 Å². The average molecular weight is 1180 g/mol. The lowest BCUT2D eigenvalue weighted by atomic mass is 9.81. The highest BCUT2D eigenvalue weighted by Crippen LogP contribution is 2.52. The number of hydrogen-bond acceptors (Lipinski definition) is 0. The van der Waals surface area contributed by atoms with E-state index < -0.39 is 0 Å². The summed E-state index contributed by atoms with van der Waals surface area (Å²) in [5.74, 6) is 0. The molecule has 1 aliphatic rings. The Morgan fingerprint density at radius 2 is 0.505 bits per heavy atom. The van der Waals surface area contributed by atoms with Gasteiger partial charge in [-0.2, -0.15) is 0 Å². The van der Waals surface area contributed by atoms with Crippen molar-refractivity contribution >= 4 is 64.6 Å². The van der Waals surface area contributed by atoms with E-state index in [4.69, 9.17) is 0 Å². The smallest absolute Gasteiger partial charge is 0.0159 e. The quantitative estimate of drug-likeness (QED) is 0.133. The zero-order valence-corrected chi connectivity index (χ0v) is 52.0. The fourth-order valence-electron chi connectivity index (χ4n) is 15.2. The molecule has 0 bridgehead atoms. The summed E-state index contributed by atoms with van der Waals surface area (Å²) in [6, 6.07) is 129. The van der Waals surface area contributed by atoms with Gasteiger partial charge in [-0.25, -0.2) is 0 Å². The van der Waals surface area contributed by atoms with E-state index in [0.29, 0.717) is 0 Å². The third-order valence-electron chi connectivity index (χ3n) is 19.7. The molecule has 0 saturated heterocycles. The van der Waals surface area contributed by atoms with E-state index in [-0.39, 0.29) is 5.41 Å². The predicted molar refractivity (Wildman–Crippen MR) is 399 cm³/mol. The molecule has 0 N–H and O–H groups in total. The highest BCUT2D eigenvalue weighted by molar-refractivity contribution is 6.25. The molecule has 17 aromatic rings. The van der Waals surface area contributed by atoms with E-state index in [9.17, 15) is 0 Å². The SMILES string of the molecule is CC1(C)c2ccccc2-c2ccc(-c3ccc4c(-c5cccc6ccccc56)c5ccccc5c(-c5ccc6ccccc6c5)c4c3)cc21.c1ccc(-c2ccc(-c3ccc4c(-c5ccc(-c6ccccc6)cc5)c5ccccc5c(-c5ccccc5)c4c3)cc2)cc1. The second-order valence-corrected chi connectivity index (χ2v) is 25.4. The van der Waals surface area contributed by atoms with Gasteiger partial charge in [-0.3, -0.25) is 0 Å². The van der Waals surface area contributed by atoms with Crippen molar-refractivity contribution in [1.82, 2.24) is 0 Å². The normalized spacial score (nSPS) is 12.3. The van der Waals surface area contributed by atoms with Crippen LogP contribution < -0.4 is 0 Å². The monoisotopic (exact) mass is 1180 g/mol.